The Labute approximate surface area is 271 Å². The molecule has 4 aliphatic heterocycles. The molecule has 5 heterocycles. The second-order valence-electron chi connectivity index (χ2n) is 13.1. The highest BCUT2D eigenvalue weighted by Gasteiger charge is 2.43. The highest BCUT2D eigenvalue weighted by atomic mass is 32.1. The predicted octanol–water partition coefficient (Wildman–Crippen LogP) is 8.46. The fraction of sp³-hybridized carbons (Fsp3) is 0.500. The Morgan fingerprint density at radius 1 is 0.956 bits per heavy atom. The third-order valence-electron chi connectivity index (χ3n) is 9.52. The molecule has 8 bridgehead atoms. The smallest absolute Gasteiger partial charge is 0.330 e. The second kappa shape index (κ2) is 14.7. The van der Waals surface area contributed by atoms with E-state index in [4.69, 9.17) is 23.7 Å². The topological polar surface area (TPSA) is 63.2 Å². The molecule has 240 valence electrons. The van der Waals surface area contributed by atoms with Crippen LogP contribution in [0.15, 0.2) is 77.7 Å². The van der Waals surface area contributed by atoms with Crippen LogP contribution in [0.25, 0.3) is 12.2 Å². The van der Waals surface area contributed by atoms with Crippen LogP contribution < -0.4 is 0 Å². The summed E-state index contributed by atoms with van der Waals surface area (Å²) < 4.78 is 32.0. The zero-order valence-electron chi connectivity index (χ0n) is 26.6. The van der Waals surface area contributed by atoms with E-state index >= 15 is 0 Å². The number of hydrogen-bond acceptors (Lipinski definition) is 7. The number of carbonyl (C=O) groups is 1. The number of fused-ring (bicyclic) bond motifs is 9. The maximum absolute atomic E-state index is 13.2. The highest BCUT2D eigenvalue weighted by Crippen LogP contribution is 2.38. The van der Waals surface area contributed by atoms with Crippen molar-refractivity contribution in [3.63, 3.8) is 0 Å². The van der Waals surface area contributed by atoms with Gasteiger partial charge in [-0.3, -0.25) is 0 Å². The van der Waals surface area contributed by atoms with Crippen LogP contribution in [0.5, 0.6) is 0 Å². The van der Waals surface area contributed by atoms with Gasteiger partial charge >= 0.3 is 5.97 Å². The Bertz CT molecular complexity index is 1410. The summed E-state index contributed by atoms with van der Waals surface area (Å²) in [5.41, 5.74) is 4.41. The Morgan fingerprint density at radius 2 is 1.80 bits per heavy atom. The summed E-state index contributed by atoms with van der Waals surface area (Å²) in [6, 6.07) is 12.5. The first-order chi connectivity index (χ1) is 21.8. The summed E-state index contributed by atoms with van der Waals surface area (Å²) in [6.07, 6.45) is 13.6. The zero-order chi connectivity index (χ0) is 31.3. The van der Waals surface area contributed by atoms with E-state index in [0.717, 1.165) is 42.4 Å². The lowest BCUT2D eigenvalue weighted by Gasteiger charge is -2.44. The number of esters is 1. The fourth-order valence-electron chi connectivity index (χ4n) is 7.23. The number of ether oxygens (including phenoxy) is 5. The molecule has 0 N–H and O–H groups in total. The van der Waals surface area contributed by atoms with E-state index in [-0.39, 0.29) is 54.4 Å². The lowest BCUT2D eigenvalue weighted by molar-refractivity contribution is -0.225. The quantitative estimate of drug-likeness (QED) is 0.245. The van der Waals surface area contributed by atoms with Crippen LogP contribution >= 0.6 is 11.3 Å². The minimum atomic E-state index is -0.400. The highest BCUT2D eigenvalue weighted by molar-refractivity contribution is 7.10. The fourth-order valence-corrected chi connectivity index (χ4v) is 7.95. The molecule has 9 atom stereocenters. The molecule has 6 rings (SSSR count). The molecule has 0 amide bonds. The first-order valence-corrected chi connectivity index (χ1v) is 17.3. The summed E-state index contributed by atoms with van der Waals surface area (Å²) in [4.78, 5) is 14.4. The van der Waals surface area contributed by atoms with Gasteiger partial charge in [-0.2, -0.15) is 0 Å². The van der Waals surface area contributed by atoms with Crippen LogP contribution in [0, 0.1) is 11.8 Å². The maximum Gasteiger partial charge on any atom is 0.330 e. The Kier molecular flexibility index (Phi) is 10.5. The maximum atomic E-state index is 13.2. The van der Waals surface area contributed by atoms with Gasteiger partial charge in [-0.15, -0.1) is 11.3 Å². The van der Waals surface area contributed by atoms with Crippen molar-refractivity contribution >= 4 is 29.5 Å². The lowest BCUT2D eigenvalue weighted by atomic mass is 9.79. The molecular formula is C38H46O6S. The standard InChI is InChI=1S/C38H46O6S/c1-24-19-30-12-7-15-35(39)44-37-26(3)34(43-36(27(37)4)25(2)21-33-13-8-18-45-33)14-6-10-28-9-5-11-29(22-28)38-40-17-16-31(42-38)23-32(20-24)41-30/h5-11,13,15,18,21-22,26-27,30-32,34,36-38H,1,12,14,16-17,19-20,23H2,2-4H3/b10-6-,15-7-,25-21+/t26-,27-,30-,31-,32+,34+,36-,37-,38-/m0/s1. The normalized spacial score (nSPS) is 36.3. The molecule has 0 aliphatic carbocycles. The molecule has 4 aliphatic rings. The number of hydrogen-bond donors (Lipinski definition) is 0. The Balaban J connectivity index is 1.28. The van der Waals surface area contributed by atoms with Crippen LogP contribution in [0.3, 0.4) is 0 Å². The lowest BCUT2D eigenvalue weighted by Crippen LogP contribution is -2.50. The van der Waals surface area contributed by atoms with Crippen molar-refractivity contribution in [2.24, 2.45) is 11.8 Å². The number of rotatable bonds is 2. The van der Waals surface area contributed by atoms with E-state index < -0.39 is 6.29 Å². The number of benzene rings is 1. The summed E-state index contributed by atoms with van der Waals surface area (Å²) in [5, 5.41) is 2.08. The Morgan fingerprint density at radius 3 is 2.64 bits per heavy atom. The van der Waals surface area contributed by atoms with Crippen LogP contribution in [0.2, 0.25) is 0 Å². The van der Waals surface area contributed by atoms with Gasteiger partial charge in [0.15, 0.2) is 6.29 Å². The van der Waals surface area contributed by atoms with Gasteiger partial charge in [0.2, 0.25) is 0 Å². The van der Waals surface area contributed by atoms with E-state index in [1.165, 1.54) is 10.5 Å². The second-order valence-corrected chi connectivity index (χ2v) is 14.1. The molecule has 0 saturated carbocycles. The third kappa shape index (κ3) is 8.13. The molecule has 7 heteroatoms. The van der Waals surface area contributed by atoms with Gasteiger partial charge in [-0.05, 0) is 73.8 Å². The van der Waals surface area contributed by atoms with Crippen LogP contribution in [-0.4, -0.2) is 49.2 Å². The summed E-state index contributed by atoms with van der Waals surface area (Å²) in [5.74, 6) is -0.304. The first-order valence-electron chi connectivity index (χ1n) is 16.4. The minimum Gasteiger partial charge on any atom is -0.458 e. The van der Waals surface area contributed by atoms with Crippen molar-refractivity contribution in [1.29, 1.82) is 0 Å². The van der Waals surface area contributed by atoms with E-state index in [1.807, 2.05) is 6.08 Å². The molecule has 2 aromatic rings. The molecule has 0 radical (unpaired) electrons. The van der Waals surface area contributed by atoms with Crippen LogP contribution in [-0.2, 0) is 28.5 Å². The van der Waals surface area contributed by atoms with Gasteiger partial charge in [0.25, 0.3) is 0 Å². The van der Waals surface area contributed by atoms with Crippen molar-refractivity contribution in [2.75, 3.05) is 6.61 Å². The number of carbonyl (C=O) groups excluding carboxylic acids is 1. The van der Waals surface area contributed by atoms with Crippen molar-refractivity contribution in [3.8, 4) is 0 Å². The van der Waals surface area contributed by atoms with Crippen LogP contribution in [0.1, 0.15) is 81.6 Å². The van der Waals surface area contributed by atoms with Crippen molar-refractivity contribution in [1.82, 2.24) is 0 Å². The molecular weight excluding hydrogens is 584 g/mol. The van der Waals surface area contributed by atoms with Gasteiger partial charge in [-0.1, -0.05) is 68.5 Å². The first kappa shape index (κ1) is 32.1. The van der Waals surface area contributed by atoms with Crippen LogP contribution in [0.4, 0.5) is 0 Å². The van der Waals surface area contributed by atoms with E-state index in [0.29, 0.717) is 19.4 Å². The zero-order valence-corrected chi connectivity index (χ0v) is 27.5. The molecule has 3 saturated heterocycles. The van der Waals surface area contributed by atoms with E-state index in [2.05, 4.69) is 87.4 Å². The van der Waals surface area contributed by atoms with E-state index in [1.54, 1.807) is 17.4 Å². The molecule has 3 fully saturated rings. The third-order valence-corrected chi connectivity index (χ3v) is 10.3. The van der Waals surface area contributed by atoms with Gasteiger partial charge in [-0.25, -0.2) is 4.79 Å². The van der Waals surface area contributed by atoms with E-state index in [9.17, 15) is 4.79 Å². The molecule has 6 nitrogen and oxygen atoms in total. The van der Waals surface area contributed by atoms with Gasteiger partial charge in [0.1, 0.15) is 6.10 Å². The monoisotopic (exact) mass is 630 g/mol. The summed E-state index contributed by atoms with van der Waals surface area (Å²) in [6.45, 7) is 11.3. The molecule has 1 aromatic carbocycles. The Hall–Kier alpha value is -2.81. The largest absolute Gasteiger partial charge is 0.458 e. The van der Waals surface area contributed by atoms with Crippen molar-refractivity contribution < 1.29 is 28.5 Å². The molecule has 0 unspecified atom stereocenters. The SMILES string of the molecule is C=C1C[C@@H]2C[C@@H]3CCO[C@@H](O3)c3cccc(c3)/C=C\C[C@H]3O[C@@H](/C(C)=C/c4cccs4)[C@H](C)[C@@H](OC(=O)/C=C\C[C@@H](C1)O2)[C@H]3C. The minimum absolute atomic E-state index is 0.00259. The average Bonchev–Trinajstić information content (AvgIpc) is 3.53. The summed E-state index contributed by atoms with van der Waals surface area (Å²) >= 11 is 1.70. The van der Waals surface area contributed by atoms with Crippen molar-refractivity contribution in [3.05, 3.63) is 93.7 Å². The van der Waals surface area contributed by atoms with Gasteiger partial charge in [0, 0.05) is 34.8 Å². The molecule has 1 aromatic heterocycles. The van der Waals surface area contributed by atoms with Gasteiger partial charge in [0.05, 0.1) is 37.1 Å². The van der Waals surface area contributed by atoms with Crippen molar-refractivity contribution in [2.45, 2.75) is 102 Å². The molecule has 45 heavy (non-hydrogen) atoms. The average molecular weight is 631 g/mol. The van der Waals surface area contributed by atoms with Gasteiger partial charge < -0.3 is 23.7 Å². The summed E-state index contributed by atoms with van der Waals surface area (Å²) in [7, 11) is 0. The molecule has 0 spiro atoms. The predicted molar refractivity (Wildman–Crippen MR) is 179 cm³/mol. The number of thiophene rings is 1.